The number of hydrogen-bond donors (Lipinski definition) is 4. The molecule has 1 aliphatic heterocycles. The average molecular weight is 543 g/mol. The van der Waals surface area contributed by atoms with Crippen LogP contribution in [0.5, 0.6) is 0 Å². The second-order valence-corrected chi connectivity index (χ2v) is 12.3. The zero-order valence-corrected chi connectivity index (χ0v) is 22.3. The predicted octanol–water partition coefficient (Wildman–Crippen LogP) is 0.692. The molecule has 1 saturated heterocycles. The number of Topliss-reactive ketones (excluding diaryl/α,β-unsaturated/α-hetero) is 1. The van der Waals surface area contributed by atoms with Gasteiger partial charge in [-0.25, -0.2) is 4.79 Å². The number of carbonyl (C=O) groups excluding carboxylic acids is 3. The van der Waals surface area contributed by atoms with Crippen LogP contribution in [0.4, 0.5) is 0 Å². The van der Waals surface area contributed by atoms with Crippen LogP contribution in [-0.4, -0.2) is 86.5 Å². The Hall–Kier alpha value is -2.63. The van der Waals surface area contributed by atoms with Gasteiger partial charge in [0.05, 0.1) is 29.8 Å². The Kier molecular flexibility index (Phi) is 5.59. The van der Waals surface area contributed by atoms with E-state index in [0.717, 1.165) is 0 Å². The summed E-state index contributed by atoms with van der Waals surface area (Å²) >= 11 is 0. The number of ketones is 1. The molecular formula is C29H34O10. The number of rotatable bonds is 3. The molecule has 0 bridgehead atoms. The number of benzene rings is 1. The third-order valence-corrected chi connectivity index (χ3v) is 10.7. The molecule has 0 aromatic heterocycles. The van der Waals surface area contributed by atoms with E-state index in [1.165, 1.54) is 13.8 Å². The summed E-state index contributed by atoms with van der Waals surface area (Å²) in [5.74, 6) is -3.89. The van der Waals surface area contributed by atoms with E-state index in [9.17, 15) is 34.8 Å². The predicted molar refractivity (Wildman–Crippen MR) is 133 cm³/mol. The fraction of sp³-hybridized carbons (Fsp3) is 0.621. The van der Waals surface area contributed by atoms with Gasteiger partial charge in [0.25, 0.3) is 0 Å². The van der Waals surface area contributed by atoms with Crippen molar-refractivity contribution in [1.29, 1.82) is 0 Å². The summed E-state index contributed by atoms with van der Waals surface area (Å²) in [7, 11) is 0. The highest BCUT2D eigenvalue weighted by atomic mass is 16.6. The van der Waals surface area contributed by atoms with Crippen LogP contribution in [0.3, 0.4) is 0 Å². The summed E-state index contributed by atoms with van der Waals surface area (Å²) in [5.41, 5.74) is -5.49. The van der Waals surface area contributed by atoms with E-state index in [1.807, 2.05) is 0 Å². The minimum absolute atomic E-state index is 0.0123. The van der Waals surface area contributed by atoms with E-state index in [0.29, 0.717) is 5.57 Å². The van der Waals surface area contributed by atoms with Crippen molar-refractivity contribution in [2.45, 2.75) is 82.3 Å². The van der Waals surface area contributed by atoms with Crippen molar-refractivity contribution < 1.29 is 49.0 Å². The van der Waals surface area contributed by atoms with Gasteiger partial charge in [-0.2, -0.15) is 0 Å². The van der Waals surface area contributed by atoms with E-state index in [4.69, 9.17) is 14.2 Å². The van der Waals surface area contributed by atoms with Crippen LogP contribution in [0, 0.1) is 22.7 Å². The Bertz CT molecular complexity index is 1290. The number of fused-ring (bicyclic) bond motifs is 4. The Balaban J connectivity index is 1.59. The van der Waals surface area contributed by atoms with Gasteiger partial charge in [-0.3, -0.25) is 9.59 Å². The molecule has 1 aromatic carbocycles. The van der Waals surface area contributed by atoms with Gasteiger partial charge >= 0.3 is 11.9 Å². The SMILES string of the molecule is CC(=O)O[C@@]12CO[C@@H]1C[C@H](O)[C@@]1(C)C(=O)[C@H](O)C3=C(C)[C@@H](O)C[C@@]4(O)[C@@H](OC(=O)c5ccccc5)C([C@H]21)C34C. The van der Waals surface area contributed by atoms with Gasteiger partial charge in [0.2, 0.25) is 0 Å². The molecule has 11 atom stereocenters. The van der Waals surface area contributed by atoms with Gasteiger partial charge < -0.3 is 34.6 Å². The normalized spacial score (nSPS) is 47.9. The van der Waals surface area contributed by atoms with Crippen LogP contribution >= 0.6 is 0 Å². The van der Waals surface area contributed by atoms with Crippen LogP contribution < -0.4 is 0 Å². The van der Waals surface area contributed by atoms with Gasteiger partial charge in [-0.05, 0) is 37.1 Å². The molecule has 1 heterocycles. The number of aliphatic hydroxyl groups is 4. The molecule has 4 aliphatic carbocycles. The van der Waals surface area contributed by atoms with E-state index < -0.39 is 82.1 Å². The van der Waals surface area contributed by atoms with Crippen LogP contribution in [-0.2, 0) is 23.8 Å². The first-order valence-electron chi connectivity index (χ1n) is 13.3. The highest BCUT2D eigenvalue weighted by Crippen LogP contribution is 2.74. The minimum Gasteiger partial charge on any atom is -0.455 e. The highest BCUT2D eigenvalue weighted by molar-refractivity contribution is 5.94. The lowest BCUT2D eigenvalue weighted by molar-refractivity contribution is -0.370. The molecule has 39 heavy (non-hydrogen) atoms. The topological polar surface area (TPSA) is 160 Å². The van der Waals surface area contributed by atoms with Crippen LogP contribution in [0.2, 0.25) is 0 Å². The molecule has 0 spiro atoms. The summed E-state index contributed by atoms with van der Waals surface area (Å²) in [6.07, 6.45) is -6.44. The lowest BCUT2D eigenvalue weighted by atomic mass is 9.36. The van der Waals surface area contributed by atoms with Gasteiger partial charge in [0.1, 0.15) is 23.9 Å². The molecule has 210 valence electrons. The monoisotopic (exact) mass is 542 g/mol. The Morgan fingerprint density at radius 3 is 2.36 bits per heavy atom. The number of aliphatic hydroxyl groups excluding tert-OH is 3. The molecule has 10 heteroatoms. The van der Waals surface area contributed by atoms with Crippen molar-refractivity contribution in [3.05, 3.63) is 47.0 Å². The fourth-order valence-corrected chi connectivity index (χ4v) is 8.73. The summed E-state index contributed by atoms with van der Waals surface area (Å²) in [6, 6.07) is 8.23. The molecule has 6 rings (SSSR count). The summed E-state index contributed by atoms with van der Waals surface area (Å²) in [6.45, 7) is 6.02. The number of hydrogen-bond acceptors (Lipinski definition) is 10. The fourth-order valence-electron chi connectivity index (χ4n) is 8.73. The first kappa shape index (κ1) is 26.6. The molecule has 1 aromatic rings. The quantitative estimate of drug-likeness (QED) is 0.316. The summed E-state index contributed by atoms with van der Waals surface area (Å²) in [4.78, 5) is 39.9. The second kappa shape index (κ2) is 8.20. The molecule has 2 unspecified atom stereocenters. The molecular weight excluding hydrogens is 508 g/mol. The lowest BCUT2D eigenvalue weighted by Gasteiger charge is -2.73. The summed E-state index contributed by atoms with van der Waals surface area (Å²) in [5, 5.41) is 46.3. The first-order chi connectivity index (χ1) is 18.2. The Morgan fingerprint density at radius 1 is 1.10 bits per heavy atom. The number of ether oxygens (including phenoxy) is 3. The third kappa shape index (κ3) is 3.01. The average Bonchev–Trinajstić information content (AvgIpc) is 2.94. The summed E-state index contributed by atoms with van der Waals surface area (Å²) < 4.78 is 17.7. The standard InChI is InChI=1S/C29H34O10/c1-13-16(31)11-29(36)24(38-25(35)15-8-6-5-7-9-15)20-22-26(3,23(34)21(33)19(13)27(20,29)4)17(32)10-18-28(22,12-37-18)39-14(2)30/h5-9,16-18,20-22,24,31-33,36H,10-12H2,1-4H3/t16-,17-,18+,20?,21+,22-,24-,26+,27?,28-,29+/m0/s1. The van der Waals surface area contributed by atoms with Crippen molar-refractivity contribution in [3.8, 4) is 0 Å². The van der Waals surface area contributed by atoms with Crippen molar-refractivity contribution in [2.24, 2.45) is 22.7 Å². The van der Waals surface area contributed by atoms with Crippen molar-refractivity contribution in [1.82, 2.24) is 0 Å². The Labute approximate surface area is 225 Å². The highest BCUT2D eigenvalue weighted by Gasteiger charge is 2.85. The molecule has 0 amide bonds. The molecule has 10 nitrogen and oxygen atoms in total. The maximum absolute atomic E-state index is 14.2. The van der Waals surface area contributed by atoms with Crippen LogP contribution in [0.15, 0.2) is 41.5 Å². The van der Waals surface area contributed by atoms with Crippen LogP contribution in [0.1, 0.15) is 50.9 Å². The van der Waals surface area contributed by atoms with Crippen molar-refractivity contribution in [2.75, 3.05) is 6.61 Å². The van der Waals surface area contributed by atoms with Gasteiger partial charge in [-0.1, -0.05) is 25.1 Å². The van der Waals surface area contributed by atoms with E-state index >= 15 is 0 Å². The largest absolute Gasteiger partial charge is 0.455 e. The molecule has 4 N–H and O–H groups in total. The Morgan fingerprint density at radius 2 is 1.77 bits per heavy atom. The van der Waals surface area contributed by atoms with Gasteiger partial charge in [0.15, 0.2) is 11.4 Å². The van der Waals surface area contributed by atoms with Crippen molar-refractivity contribution in [3.63, 3.8) is 0 Å². The molecule has 3 saturated carbocycles. The third-order valence-electron chi connectivity index (χ3n) is 10.7. The van der Waals surface area contributed by atoms with Gasteiger partial charge in [-0.15, -0.1) is 0 Å². The van der Waals surface area contributed by atoms with Crippen molar-refractivity contribution >= 4 is 17.7 Å². The smallest absolute Gasteiger partial charge is 0.338 e. The second-order valence-electron chi connectivity index (χ2n) is 12.3. The molecule has 4 fully saturated rings. The van der Waals surface area contributed by atoms with Crippen LogP contribution in [0.25, 0.3) is 0 Å². The number of carbonyl (C=O) groups is 3. The maximum Gasteiger partial charge on any atom is 0.338 e. The van der Waals surface area contributed by atoms with Gasteiger partial charge in [0, 0.05) is 37.0 Å². The zero-order chi connectivity index (χ0) is 28.3. The van der Waals surface area contributed by atoms with E-state index in [-0.39, 0.29) is 30.6 Å². The molecule has 5 aliphatic rings. The van der Waals surface area contributed by atoms with E-state index in [1.54, 1.807) is 44.2 Å². The maximum atomic E-state index is 14.2. The first-order valence-corrected chi connectivity index (χ1v) is 13.3. The zero-order valence-electron chi connectivity index (χ0n) is 22.3. The molecule has 0 radical (unpaired) electrons. The van der Waals surface area contributed by atoms with E-state index in [2.05, 4.69) is 0 Å². The lowest BCUT2D eigenvalue weighted by Crippen LogP contribution is -2.84. The number of esters is 2. The minimum atomic E-state index is -1.86.